The van der Waals surface area contributed by atoms with E-state index in [1.807, 2.05) is 18.7 Å². The molecule has 1 atom stereocenters. The molecule has 0 aromatic carbocycles. The van der Waals surface area contributed by atoms with Gasteiger partial charge in [0.15, 0.2) is 0 Å². The van der Waals surface area contributed by atoms with Gasteiger partial charge in [0.2, 0.25) is 11.8 Å². The highest BCUT2D eigenvalue weighted by molar-refractivity contribution is 5.81. The summed E-state index contributed by atoms with van der Waals surface area (Å²) in [5.74, 6) is 0.688. The van der Waals surface area contributed by atoms with E-state index in [1.165, 1.54) is 0 Å². The van der Waals surface area contributed by atoms with E-state index in [2.05, 4.69) is 5.16 Å². The zero-order chi connectivity index (χ0) is 16.6. The Hall–Kier alpha value is -1.92. The summed E-state index contributed by atoms with van der Waals surface area (Å²) in [5.41, 5.74) is 1.59. The Bertz CT molecular complexity index is 611. The van der Waals surface area contributed by atoms with E-state index in [0.29, 0.717) is 32.6 Å². The van der Waals surface area contributed by atoms with Crippen LogP contribution in [0.3, 0.4) is 0 Å². The first-order valence-corrected chi connectivity index (χ1v) is 7.97. The third-order valence-corrected chi connectivity index (χ3v) is 5.03. The van der Waals surface area contributed by atoms with Crippen LogP contribution in [0.4, 0.5) is 4.39 Å². The average molecular weight is 323 g/mol. The molecule has 0 aliphatic carbocycles. The van der Waals surface area contributed by atoms with Gasteiger partial charge in [0.1, 0.15) is 5.76 Å². The highest BCUT2D eigenvalue weighted by Crippen LogP contribution is 2.41. The lowest BCUT2D eigenvalue weighted by Gasteiger charge is -2.24. The highest BCUT2D eigenvalue weighted by Gasteiger charge is 2.48. The zero-order valence-electron chi connectivity index (χ0n) is 13.6. The molecular weight excluding hydrogens is 301 g/mol. The lowest BCUT2D eigenvalue weighted by atomic mass is 9.86. The monoisotopic (exact) mass is 323 g/mol. The van der Waals surface area contributed by atoms with Crippen molar-refractivity contribution in [1.29, 1.82) is 0 Å². The molecule has 3 rings (SSSR count). The Morgan fingerprint density at radius 3 is 2.83 bits per heavy atom. The Morgan fingerprint density at radius 1 is 1.39 bits per heavy atom. The Labute approximate surface area is 134 Å². The van der Waals surface area contributed by atoms with Crippen LogP contribution in [0.5, 0.6) is 0 Å². The average Bonchev–Trinajstić information content (AvgIpc) is 3.15. The van der Waals surface area contributed by atoms with Gasteiger partial charge in [0, 0.05) is 37.0 Å². The smallest absolute Gasteiger partial charge is 0.225 e. The third kappa shape index (κ3) is 2.96. The maximum atomic E-state index is 12.4. The van der Waals surface area contributed by atoms with Crippen LogP contribution in [-0.2, 0) is 16.1 Å². The van der Waals surface area contributed by atoms with Crippen molar-refractivity contribution in [2.45, 2.75) is 39.7 Å². The number of alkyl halides is 1. The first kappa shape index (κ1) is 16.0. The van der Waals surface area contributed by atoms with Crippen molar-refractivity contribution < 1.29 is 18.5 Å². The molecule has 2 fully saturated rings. The molecule has 2 aliphatic heterocycles. The molecule has 2 aliphatic rings. The number of amides is 2. The number of aromatic nitrogens is 1. The molecule has 0 bridgehead atoms. The maximum absolute atomic E-state index is 12.4. The molecule has 3 heterocycles. The van der Waals surface area contributed by atoms with Crippen LogP contribution in [0.2, 0.25) is 0 Å². The van der Waals surface area contributed by atoms with Crippen LogP contribution in [0.25, 0.3) is 0 Å². The van der Waals surface area contributed by atoms with Crippen molar-refractivity contribution in [1.82, 2.24) is 15.0 Å². The summed E-state index contributed by atoms with van der Waals surface area (Å²) in [7, 11) is 0. The number of hydrogen-bond acceptors (Lipinski definition) is 4. The van der Waals surface area contributed by atoms with E-state index in [-0.39, 0.29) is 23.7 Å². The molecular formula is C16H22FN3O3. The number of aryl methyl sites for hydroxylation is 2. The van der Waals surface area contributed by atoms with Gasteiger partial charge < -0.3 is 14.3 Å². The second-order valence-corrected chi connectivity index (χ2v) is 6.73. The molecule has 2 amide bonds. The predicted octanol–water partition coefficient (Wildman–Crippen LogP) is 1.60. The van der Waals surface area contributed by atoms with Gasteiger partial charge in [-0.1, -0.05) is 5.16 Å². The molecule has 1 unspecified atom stereocenters. The lowest BCUT2D eigenvalue weighted by Crippen LogP contribution is -2.34. The summed E-state index contributed by atoms with van der Waals surface area (Å²) in [5, 5.41) is 3.93. The molecule has 126 valence electrons. The Morgan fingerprint density at radius 2 is 2.17 bits per heavy atom. The van der Waals surface area contributed by atoms with Crippen LogP contribution < -0.4 is 0 Å². The second kappa shape index (κ2) is 5.94. The van der Waals surface area contributed by atoms with Gasteiger partial charge >= 0.3 is 0 Å². The SMILES string of the molecule is Cc1noc(C)c1CN1CC2(CCN(C(=O)CCF)C2)CC1=O. The summed E-state index contributed by atoms with van der Waals surface area (Å²) in [6.45, 7) is 5.39. The molecule has 2 saturated heterocycles. The molecule has 0 radical (unpaired) electrons. The fourth-order valence-electron chi connectivity index (χ4n) is 3.70. The molecule has 1 aromatic heterocycles. The standard InChI is InChI=1S/C16H22FN3O3/c1-11-13(12(2)23-18-11)8-20-10-16(7-15(20)22)4-6-19(9-16)14(21)3-5-17/h3-10H2,1-2H3. The number of carbonyl (C=O) groups excluding carboxylic acids is 2. The second-order valence-electron chi connectivity index (χ2n) is 6.73. The summed E-state index contributed by atoms with van der Waals surface area (Å²) >= 11 is 0. The quantitative estimate of drug-likeness (QED) is 0.844. The number of hydrogen-bond donors (Lipinski definition) is 0. The third-order valence-electron chi connectivity index (χ3n) is 5.03. The number of rotatable bonds is 4. The van der Waals surface area contributed by atoms with Gasteiger partial charge in [-0.15, -0.1) is 0 Å². The minimum atomic E-state index is -0.626. The van der Waals surface area contributed by atoms with Crippen LogP contribution in [0.15, 0.2) is 4.52 Å². The van der Waals surface area contributed by atoms with Gasteiger partial charge in [-0.2, -0.15) is 0 Å². The number of likely N-dealkylation sites (tertiary alicyclic amines) is 2. The van der Waals surface area contributed by atoms with Crippen molar-refractivity contribution in [3.8, 4) is 0 Å². The molecule has 6 nitrogen and oxygen atoms in total. The van der Waals surface area contributed by atoms with E-state index in [0.717, 1.165) is 23.4 Å². The van der Waals surface area contributed by atoms with Crippen LogP contribution in [0, 0.1) is 19.3 Å². The molecule has 23 heavy (non-hydrogen) atoms. The van der Waals surface area contributed by atoms with Gasteiger partial charge in [0.05, 0.1) is 25.3 Å². The highest BCUT2D eigenvalue weighted by atomic mass is 19.1. The van der Waals surface area contributed by atoms with E-state index in [1.54, 1.807) is 4.90 Å². The van der Waals surface area contributed by atoms with Crippen molar-refractivity contribution in [2.24, 2.45) is 5.41 Å². The molecule has 1 spiro atoms. The Balaban J connectivity index is 1.67. The number of halogens is 1. The summed E-state index contributed by atoms with van der Waals surface area (Å²) < 4.78 is 17.5. The van der Waals surface area contributed by atoms with Gasteiger partial charge in [0.25, 0.3) is 0 Å². The van der Waals surface area contributed by atoms with Crippen molar-refractivity contribution in [3.05, 3.63) is 17.0 Å². The first-order valence-electron chi connectivity index (χ1n) is 7.97. The normalized spacial score (nSPS) is 24.2. The van der Waals surface area contributed by atoms with Gasteiger partial charge in [-0.05, 0) is 20.3 Å². The topological polar surface area (TPSA) is 66.7 Å². The van der Waals surface area contributed by atoms with E-state index < -0.39 is 6.67 Å². The molecule has 0 N–H and O–H groups in total. The van der Waals surface area contributed by atoms with Crippen LogP contribution in [-0.4, -0.2) is 53.1 Å². The van der Waals surface area contributed by atoms with E-state index in [4.69, 9.17) is 4.52 Å². The first-order chi connectivity index (χ1) is 10.9. The van der Waals surface area contributed by atoms with Crippen molar-refractivity contribution >= 4 is 11.8 Å². The minimum Gasteiger partial charge on any atom is -0.361 e. The maximum Gasteiger partial charge on any atom is 0.225 e. The number of carbonyl (C=O) groups is 2. The fraction of sp³-hybridized carbons (Fsp3) is 0.688. The Kier molecular flexibility index (Phi) is 4.12. The number of nitrogens with zero attached hydrogens (tertiary/aromatic N) is 3. The van der Waals surface area contributed by atoms with Crippen LogP contribution in [0.1, 0.15) is 36.3 Å². The van der Waals surface area contributed by atoms with Crippen molar-refractivity contribution in [3.63, 3.8) is 0 Å². The molecule has 0 saturated carbocycles. The lowest BCUT2D eigenvalue weighted by molar-refractivity contribution is -0.131. The van der Waals surface area contributed by atoms with Gasteiger partial charge in [-0.25, -0.2) is 0 Å². The van der Waals surface area contributed by atoms with Crippen LogP contribution >= 0.6 is 0 Å². The summed E-state index contributed by atoms with van der Waals surface area (Å²) in [4.78, 5) is 27.8. The molecule has 7 heteroatoms. The van der Waals surface area contributed by atoms with Gasteiger partial charge in [-0.3, -0.25) is 14.0 Å². The van der Waals surface area contributed by atoms with E-state index in [9.17, 15) is 14.0 Å². The summed E-state index contributed by atoms with van der Waals surface area (Å²) in [6.07, 6.45) is 1.19. The largest absolute Gasteiger partial charge is 0.361 e. The zero-order valence-corrected chi connectivity index (χ0v) is 13.6. The molecule has 1 aromatic rings. The predicted molar refractivity (Wildman–Crippen MR) is 80.2 cm³/mol. The van der Waals surface area contributed by atoms with E-state index >= 15 is 0 Å². The van der Waals surface area contributed by atoms with Crippen molar-refractivity contribution in [2.75, 3.05) is 26.3 Å². The fourth-order valence-corrected chi connectivity index (χ4v) is 3.70. The minimum absolute atomic E-state index is 0.0627. The summed E-state index contributed by atoms with van der Waals surface area (Å²) in [6, 6.07) is 0.